The van der Waals surface area contributed by atoms with Gasteiger partial charge in [-0.15, -0.1) is 0 Å². The zero-order valence-electron chi connectivity index (χ0n) is 9.50. The van der Waals surface area contributed by atoms with Crippen LogP contribution in [0.2, 0.25) is 0 Å². The van der Waals surface area contributed by atoms with Crippen LogP contribution in [0, 0.1) is 0 Å². The first kappa shape index (κ1) is 14.8. The Hall–Kier alpha value is -0.210. The number of unbranched alkanes of at least 4 members (excludes halogenated alkanes) is 8. The fourth-order valence-electron chi connectivity index (χ4n) is 1.56. The first-order chi connectivity index (χ1) is 7.41. The molecule has 0 aliphatic carbocycles. The molecule has 0 aromatic heterocycles. The number of rotatable bonds is 11. The monoisotopic (exact) mass is 275 g/mol. The highest BCUT2D eigenvalue weighted by molar-refractivity contribution is 9.09. The topological polar surface area (TPSA) is 48.8 Å². The van der Waals surface area contributed by atoms with Crippen molar-refractivity contribution >= 4 is 15.9 Å². The van der Waals surface area contributed by atoms with Crippen molar-refractivity contribution in [3.8, 4) is 0 Å². The molecule has 0 saturated carbocycles. The van der Waals surface area contributed by atoms with Crippen LogP contribution >= 0.6 is 15.9 Å². The summed E-state index contributed by atoms with van der Waals surface area (Å²) in [5.74, 6) is 0. The first-order valence-electron chi connectivity index (χ1n) is 5.98. The second-order valence-electron chi connectivity index (χ2n) is 3.83. The summed E-state index contributed by atoms with van der Waals surface area (Å²) in [7, 11) is 0. The summed E-state index contributed by atoms with van der Waals surface area (Å²) in [5, 5.41) is 4.66. The van der Waals surface area contributed by atoms with Crippen LogP contribution in [0.4, 0.5) is 0 Å². The molecule has 0 rings (SSSR count). The smallest absolute Gasteiger partial charge is 0.0257 e. The Morgan fingerprint density at radius 2 is 1.27 bits per heavy atom. The lowest BCUT2D eigenvalue weighted by Crippen LogP contribution is -1.83. The number of nitrogens with zero attached hydrogens (tertiary/aromatic N) is 3. The summed E-state index contributed by atoms with van der Waals surface area (Å²) < 4.78 is 0. The average Bonchev–Trinajstić information content (AvgIpc) is 2.26. The molecule has 3 nitrogen and oxygen atoms in total. The molecule has 0 N–H and O–H groups in total. The van der Waals surface area contributed by atoms with Crippen LogP contribution in [-0.4, -0.2) is 11.9 Å². The van der Waals surface area contributed by atoms with E-state index < -0.39 is 0 Å². The molecule has 4 heteroatoms. The lowest BCUT2D eigenvalue weighted by Gasteiger charge is -2.00. The van der Waals surface area contributed by atoms with E-state index in [1.54, 1.807) is 0 Å². The number of hydrogen-bond donors (Lipinski definition) is 0. The Morgan fingerprint density at radius 1 is 0.800 bits per heavy atom. The molecule has 0 amide bonds. The van der Waals surface area contributed by atoms with Crippen molar-refractivity contribution in [1.82, 2.24) is 0 Å². The number of halogens is 1. The Bertz CT molecular complexity index is 167. The van der Waals surface area contributed by atoms with Crippen LogP contribution in [0.3, 0.4) is 0 Å². The van der Waals surface area contributed by atoms with E-state index in [1.165, 1.54) is 51.4 Å². The molecule has 88 valence electrons. The van der Waals surface area contributed by atoms with Gasteiger partial charge in [0.15, 0.2) is 0 Å². The quantitative estimate of drug-likeness (QED) is 0.164. The maximum absolute atomic E-state index is 8.06. The predicted molar refractivity (Wildman–Crippen MR) is 69.4 cm³/mol. The molecule has 0 saturated heterocycles. The van der Waals surface area contributed by atoms with Crippen molar-refractivity contribution in [2.45, 2.75) is 57.8 Å². The number of hydrogen-bond acceptors (Lipinski definition) is 1. The molecule has 0 heterocycles. The molecule has 0 atom stereocenters. The molecular formula is C11H22BrN3. The highest BCUT2D eigenvalue weighted by Gasteiger charge is 1.91. The largest absolute Gasteiger partial charge is 0.0940 e. The third-order valence-electron chi connectivity index (χ3n) is 2.45. The minimum absolute atomic E-state index is 0.668. The Kier molecular flexibility index (Phi) is 13.6. The second kappa shape index (κ2) is 13.8. The lowest BCUT2D eigenvalue weighted by atomic mass is 10.1. The van der Waals surface area contributed by atoms with Crippen molar-refractivity contribution in [3.05, 3.63) is 10.4 Å². The Balaban J connectivity index is 2.89. The van der Waals surface area contributed by atoms with E-state index in [1.807, 2.05) is 0 Å². The molecule has 0 aliphatic rings. The van der Waals surface area contributed by atoms with Gasteiger partial charge in [-0.2, -0.15) is 0 Å². The van der Waals surface area contributed by atoms with Crippen LogP contribution in [0.5, 0.6) is 0 Å². The summed E-state index contributed by atoms with van der Waals surface area (Å²) in [6.45, 7) is 0.668. The van der Waals surface area contributed by atoms with Crippen molar-refractivity contribution in [3.63, 3.8) is 0 Å². The fraction of sp³-hybridized carbons (Fsp3) is 1.00. The third kappa shape index (κ3) is 13.8. The van der Waals surface area contributed by atoms with Crippen molar-refractivity contribution in [2.75, 3.05) is 11.9 Å². The first-order valence-corrected chi connectivity index (χ1v) is 7.10. The van der Waals surface area contributed by atoms with Gasteiger partial charge in [0.2, 0.25) is 0 Å². The zero-order valence-corrected chi connectivity index (χ0v) is 11.1. The molecule has 0 radical (unpaired) electrons. The lowest BCUT2D eigenvalue weighted by molar-refractivity contribution is 0.568. The van der Waals surface area contributed by atoms with Gasteiger partial charge in [-0.05, 0) is 18.4 Å². The van der Waals surface area contributed by atoms with Crippen LogP contribution in [-0.2, 0) is 0 Å². The van der Waals surface area contributed by atoms with Crippen LogP contribution < -0.4 is 0 Å². The molecule has 0 unspecified atom stereocenters. The van der Waals surface area contributed by atoms with Gasteiger partial charge in [0.25, 0.3) is 0 Å². The summed E-state index contributed by atoms with van der Waals surface area (Å²) in [4.78, 5) is 2.73. The van der Waals surface area contributed by atoms with E-state index in [2.05, 4.69) is 26.0 Å². The van der Waals surface area contributed by atoms with E-state index in [-0.39, 0.29) is 0 Å². The Morgan fingerprint density at radius 3 is 1.73 bits per heavy atom. The van der Waals surface area contributed by atoms with E-state index in [0.29, 0.717) is 6.54 Å². The molecule has 0 aromatic rings. The highest BCUT2D eigenvalue weighted by Crippen LogP contribution is 2.10. The maximum atomic E-state index is 8.06. The normalized spacial score (nSPS) is 9.93. The van der Waals surface area contributed by atoms with Crippen LogP contribution in [0.15, 0.2) is 5.11 Å². The second-order valence-corrected chi connectivity index (χ2v) is 4.62. The molecule has 0 aromatic carbocycles. The van der Waals surface area contributed by atoms with Crippen molar-refractivity contribution in [2.24, 2.45) is 5.11 Å². The average molecular weight is 276 g/mol. The van der Waals surface area contributed by atoms with Gasteiger partial charge >= 0.3 is 0 Å². The standard InChI is InChI=1S/C11H22BrN3/c12-10-8-6-4-2-1-3-5-7-9-11-14-15-13/h1-11H2. The van der Waals surface area contributed by atoms with Gasteiger partial charge in [-0.3, -0.25) is 0 Å². The zero-order chi connectivity index (χ0) is 11.2. The van der Waals surface area contributed by atoms with Gasteiger partial charge in [0, 0.05) is 16.8 Å². The minimum Gasteiger partial charge on any atom is -0.0940 e. The van der Waals surface area contributed by atoms with Gasteiger partial charge < -0.3 is 0 Å². The molecule has 0 bridgehead atoms. The highest BCUT2D eigenvalue weighted by atomic mass is 79.9. The number of alkyl halides is 1. The molecule has 0 fully saturated rings. The van der Waals surface area contributed by atoms with Crippen LogP contribution in [0.25, 0.3) is 10.4 Å². The van der Waals surface area contributed by atoms with Crippen molar-refractivity contribution in [1.29, 1.82) is 0 Å². The van der Waals surface area contributed by atoms with Crippen LogP contribution in [0.1, 0.15) is 57.8 Å². The summed E-state index contributed by atoms with van der Waals surface area (Å²) in [5.41, 5.74) is 8.06. The summed E-state index contributed by atoms with van der Waals surface area (Å²) >= 11 is 3.44. The minimum atomic E-state index is 0.668. The van der Waals surface area contributed by atoms with Gasteiger partial charge in [-0.25, -0.2) is 0 Å². The van der Waals surface area contributed by atoms with Gasteiger partial charge in [-0.1, -0.05) is 66.0 Å². The fourth-order valence-corrected chi connectivity index (χ4v) is 1.96. The van der Waals surface area contributed by atoms with Gasteiger partial charge in [0.05, 0.1) is 0 Å². The summed E-state index contributed by atoms with van der Waals surface area (Å²) in [6, 6.07) is 0. The maximum Gasteiger partial charge on any atom is 0.0257 e. The predicted octanol–water partition coefficient (Wildman–Crippen LogP) is 5.20. The molecular weight excluding hydrogens is 254 g/mol. The van der Waals surface area contributed by atoms with E-state index >= 15 is 0 Å². The Labute approximate surface area is 101 Å². The van der Waals surface area contributed by atoms with Crippen molar-refractivity contribution < 1.29 is 0 Å². The van der Waals surface area contributed by atoms with E-state index in [4.69, 9.17) is 5.53 Å². The molecule has 15 heavy (non-hydrogen) atoms. The SMILES string of the molecule is [N-]=[N+]=NCCCCCCCCCCCBr. The van der Waals surface area contributed by atoms with E-state index in [9.17, 15) is 0 Å². The molecule has 0 spiro atoms. The number of azide groups is 1. The third-order valence-corrected chi connectivity index (χ3v) is 3.02. The summed E-state index contributed by atoms with van der Waals surface area (Å²) in [6.07, 6.45) is 11.7. The van der Waals surface area contributed by atoms with E-state index in [0.717, 1.165) is 11.8 Å². The van der Waals surface area contributed by atoms with Gasteiger partial charge in [0.1, 0.15) is 0 Å². The molecule has 0 aliphatic heterocycles.